The third kappa shape index (κ3) is 4.00. The Hall–Kier alpha value is -2.21. The fourth-order valence-electron chi connectivity index (χ4n) is 3.28. The van der Waals surface area contributed by atoms with E-state index in [-0.39, 0.29) is 18.4 Å². The Morgan fingerprint density at radius 1 is 1.29 bits per heavy atom. The molecule has 1 fully saturated rings. The van der Waals surface area contributed by atoms with E-state index < -0.39 is 0 Å². The number of hydrogen-bond acceptors (Lipinski definition) is 5. The Morgan fingerprint density at radius 3 is 2.71 bits per heavy atom. The third-order valence-electron chi connectivity index (χ3n) is 4.51. The summed E-state index contributed by atoms with van der Waals surface area (Å²) in [5, 5.41) is 6.82. The van der Waals surface area contributed by atoms with Crippen LogP contribution in [0.25, 0.3) is 0 Å². The molecule has 2 heterocycles. The number of benzene rings is 1. The smallest absolute Gasteiger partial charge is 0.227 e. The van der Waals surface area contributed by atoms with Gasteiger partial charge in [-0.05, 0) is 44.0 Å². The zero-order chi connectivity index (χ0) is 16.9. The number of nitrogens with one attached hydrogen (secondary N) is 1. The predicted octanol–water partition coefficient (Wildman–Crippen LogP) is 2.18. The Bertz CT molecular complexity index is 692. The van der Waals surface area contributed by atoms with E-state index >= 15 is 0 Å². The van der Waals surface area contributed by atoms with Gasteiger partial charge in [0.15, 0.2) is 5.82 Å². The van der Waals surface area contributed by atoms with Crippen LogP contribution in [0.1, 0.15) is 41.7 Å². The maximum Gasteiger partial charge on any atom is 0.227 e. The fraction of sp³-hybridized carbons (Fsp3) is 0.500. The van der Waals surface area contributed by atoms with Gasteiger partial charge in [0.05, 0.1) is 12.5 Å². The number of aryl methyl sites for hydroxylation is 2. The van der Waals surface area contributed by atoms with Crippen molar-refractivity contribution in [3.63, 3.8) is 0 Å². The molecule has 1 atom stereocenters. The first-order valence-corrected chi connectivity index (χ1v) is 8.49. The number of likely N-dealkylation sites (tertiary alicyclic amines) is 1. The Labute approximate surface area is 142 Å². The second-order valence-corrected chi connectivity index (χ2v) is 6.33. The first-order valence-electron chi connectivity index (χ1n) is 8.49. The van der Waals surface area contributed by atoms with Crippen LogP contribution in [0.3, 0.4) is 0 Å². The summed E-state index contributed by atoms with van der Waals surface area (Å²) in [4.78, 5) is 18.7. The van der Waals surface area contributed by atoms with Crippen LogP contribution in [0.2, 0.25) is 0 Å². The monoisotopic (exact) mass is 328 g/mol. The second kappa shape index (κ2) is 7.57. The van der Waals surface area contributed by atoms with E-state index in [2.05, 4.69) is 51.5 Å². The summed E-state index contributed by atoms with van der Waals surface area (Å²) in [6.07, 6.45) is 2.59. The average Bonchev–Trinajstić information content (AvgIpc) is 3.21. The quantitative estimate of drug-likeness (QED) is 0.880. The van der Waals surface area contributed by atoms with E-state index in [1.54, 1.807) is 6.92 Å². The molecule has 0 saturated carbocycles. The van der Waals surface area contributed by atoms with Crippen molar-refractivity contribution in [2.75, 3.05) is 19.6 Å². The zero-order valence-corrected chi connectivity index (χ0v) is 14.3. The summed E-state index contributed by atoms with van der Waals surface area (Å²) >= 11 is 0. The summed E-state index contributed by atoms with van der Waals surface area (Å²) < 4.78 is 4.91. The van der Waals surface area contributed by atoms with E-state index in [4.69, 9.17) is 4.52 Å². The van der Waals surface area contributed by atoms with Gasteiger partial charge in [-0.3, -0.25) is 9.69 Å². The van der Waals surface area contributed by atoms with Gasteiger partial charge in [-0.15, -0.1) is 0 Å². The molecule has 24 heavy (non-hydrogen) atoms. The van der Waals surface area contributed by atoms with Crippen LogP contribution in [-0.4, -0.2) is 40.6 Å². The number of carbonyl (C=O) groups is 1. The molecule has 1 aromatic carbocycles. The van der Waals surface area contributed by atoms with Crippen LogP contribution in [0.15, 0.2) is 28.8 Å². The summed E-state index contributed by atoms with van der Waals surface area (Å²) in [6.45, 7) is 6.61. The molecule has 0 radical (unpaired) electrons. The number of amides is 1. The van der Waals surface area contributed by atoms with E-state index in [1.807, 2.05) is 0 Å². The standard InChI is InChI=1S/C18H24N4O2/c1-13-7-3-4-8-15(13)16(22-9-5-6-10-22)12-19-18(23)11-17-20-14(2)24-21-17/h3-4,7-8,16H,5-6,9-12H2,1-2H3,(H,19,23). The van der Waals surface area contributed by atoms with Gasteiger partial charge in [-0.25, -0.2) is 0 Å². The van der Waals surface area contributed by atoms with Gasteiger partial charge < -0.3 is 9.84 Å². The largest absolute Gasteiger partial charge is 0.354 e. The highest BCUT2D eigenvalue weighted by atomic mass is 16.5. The number of aromatic nitrogens is 2. The van der Waals surface area contributed by atoms with E-state index in [0.29, 0.717) is 18.3 Å². The molecule has 1 N–H and O–H groups in total. The van der Waals surface area contributed by atoms with Crippen LogP contribution >= 0.6 is 0 Å². The van der Waals surface area contributed by atoms with Crippen molar-refractivity contribution in [3.05, 3.63) is 47.1 Å². The lowest BCUT2D eigenvalue weighted by Crippen LogP contribution is -2.37. The van der Waals surface area contributed by atoms with Gasteiger partial charge in [0, 0.05) is 13.5 Å². The summed E-state index contributed by atoms with van der Waals surface area (Å²) in [5.41, 5.74) is 2.55. The highest BCUT2D eigenvalue weighted by Gasteiger charge is 2.25. The Balaban J connectivity index is 1.65. The molecule has 1 unspecified atom stereocenters. The van der Waals surface area contributed by atoms with E-state index in [1.165, 1.54) is 24.0 Å². The average molecular weight is 328 g/mol. The lowest BCUT2D eigenvalue weighted by Gasteiger charge is -2.29. The molecule has 1 aromatic heterocycles. The summed E-state index contributed by atoms with van der Waals surface area (Å²) in [7, 11) is 0. The van der Waals surface area contributed by atoms with Gasteiger partial charge in [-0.1, -0.05) is 29.4 Å². The third-order valence-corrected chi connectivity index (χ3v) is 4.51. The molecule has 0 spiro atoms. The molecule has 1 amide bonds. The summed E-state index contributed by atoms with van der Waals surface area (Å²) in [5.74, 6) is 0.833. The normalized spacial score (nSPS) is 16.2. The fourth-order valence-corrected chi connectivity index (χ4v) is 3.28. The number of nitrogens with zero attached hydrogens (tertiary/aromatic N) is 3. The Kier molecular flexibility index (Phi) is 5.25. The molecule has 1 saturated heterocycles. The molecular formula is C18H24N4O2. The van der Waals surface area contributed by atoms with Gasteiger partial charge >= 0.3 is 0 Å². The molecule has 1 aliphatic rings. The molecule has 0 bridgehead atoms. The summed E-state index contributed by atoms with van der Waals surface area (Å²) in [6, 6.07) is 8.62. The Morgan fingerprint density at radius 2 is 2.04 bits per heavy atom. The van der Waals surface area contributed by atoms with Gasteiger partial charge in [0.2, 0.25) is 11.8 Å². The second-order valence-electron chi connectivity index (χ2n) is 6.33. The van der Waals surface area contributed by atoms with Crippen LogP contribution in [0.5, 0.6) is 0 Å². The SMILES string of the molecule is Cc1nc(CC(=O)NCC(c2ccccc2C)N2CCCC2)no1. The minimum Gasteiger partial charge on any atom is -0.354 e. The van der Waals surface area contributed by atoms with E-state index in [0.717, 1.165) is 13.1 Å². The first-order chi connectivity index (χ1) is 11.6. The van der Waals surface area contributed by atoms with Crippen molar-refractivity contribution in [2.45, 2.75) is 39.2 Å². The molecule has 128 valence electrons. The number of hydrogen-bond donors (Lipinski definition) is 1. The highest BCUT2D eigenvalue weighted by molar-refractivity contribution is 5.77. The lowest BCUT2D eigenvalue weighted by atomic mass is 10.00. The minimum absolute atomic E-state index is 0.0754. The highest BCUT2D eigenvalue weighted by Crippen LogP contribution is 2.26. The molecule has 2 aromatic rings. The molecule has 1 aliphatic heterocycles. The first kappa shape index (κ1) is 16.6. The number of rotatable bonds is 6. The van der Waals surface area contributed by atoms with Crippen molar-refractivity contribution >= 4 is 5.91 Å². The predicted molar refractivity (Wildman–Crippen MR) is 90.5 cm³/mol. The van der Waals surface area contributed by atoms with Crippen molar-refractivity contribution in [1.29, 1.82) is 0 Å². The van der Waals surface area contributed by atoms with Crippen LogP contribution in [-0.2, 0) is 11.2 Å². The van der Waals surface area contributed by atoms with E-state index in [9.17, 15) is 4.79 Å². The maximum atomic E-state index is 12.2. The molecule has 3 rings (SSSR count). The van der Waals surface area contributed by atoms with Crippen molar-refractivity contribution in [1.82, 2.24) is 20.4 Å². The topological polar surface area (TPSA) is 71.3 Å². The molecule has 6 nitrogen and oxygen atoms in total. The molecule has 0 aliphatic carbocycles. The van der Waals surface area contributed by atoms with Crippen molar-refractivity contribution < 1.29 is 9.32 Å². The van der Waals surface area contributed by atoms with Gasteiger partial charge in [0.25, 0.3) is 0 Å². The lowest BCUT2D eigenvalue weighted by molar-refractivity contribution is -0.120. The van der Waals surface area contributed by atoms with Gasteiger partial charge in [-0.2, -0.15) is 4.98 Å². The molecular weight excluding hydrogens is 304 g/mol. The minimum atomic E-state index is -0.0754. The maximum absolute atomic E-state index is 12.2. The van der Waals surface area contributed by atoms with Gasteiger partial charge in [0.1, 0.15) is 0 Å². The van der Waals surface area contributed by atoms with Crippen molar-refractivity contribution in [3.8, 4) is 0 Å². The van der Waals surface area contributed by atoms with Crippen LogP contribution < -0.4 is 5.32 Å². The molecule has 6 heteroatoms. The van der Waals surface area contributed by atoms with Crippen LogP contribution in [0, 0.1) is 13.8 Å². The number of carbonyl (C=O) groups excluding carboxylic acids is 1. The van der Waals surface area contributed by atoms with Crippen molar-refractivity contribution in [2.24, 2.45) is 0 Å². The zero-order valence-electron chi connectivity index (χ0n) is 14.3. The van der Waals surface area contributed by atoms with Crippen LogP contribution in [0.4, 0.5) is 0 Å².